The quantitative estimate of drug-likeness (QED) is 0.871. The topological polar surface area (TPSA) is 46.1 Å². The van der Waals surface area contributed by atoms with Crippen LogP contribution in [-0.2, 0) is 0 Å². The van der Waals surface area contributed by atoms with Crippen molar-refractivity contribution in [3.63, 3.8) is 0 Å². The second-order valence-electron chi connectivity index (χ2n) is 6.11. The second-order valence-corrected chi connectivity index (χ2v) is 6.11. The van der Waals surface area contributed by atoms with Crippen molar-refractivity contribution < 1.29 is 4.79 Å². The molecule has 1 saturated heterocycles. The zero-order valence-electron chi connectivity index (χ0n) is 13.1. The van der Waals surface area contributed by atoms with E-state index in [1.54, 1.807) is 12.4 Å². The molecule has 0 aliphatic carbocycles. The molecule has 22 heavy (non-hydrogen) atoms. The Morgan fingerprint density at radius 3 is 2.50 bits per heavy atom. The number of hydrogen-bond acceptors (Lipinski definition) is 3. The van der Waals surface area contributed by atoms with E-state index < -0.39 is 0 Å². The van der Waals surface area contributed by atoms with Gasteiger partial charge in [0.2, 0.25) is 0 Å². The van der Waals surface area contributed by atoms with E-state index in [0.717, 1.165) is 24.9 Å². The van der Waals surface area contributed by atoms with Gasteiger partial charge in [0, 0.05) is 30.5 Å². The summed E-state index contributed by atoms with van der Waals surface area (Å²) in [6.45, 7) is 5.18. The van der Waals surface area contributed by atoms with Gasteiger partial charge in [0.15, 0.2) is 5.82 Å². The lowest BCUT2D eigenvalue weighted by molar-refractivity contribution is 0.0700. The van der Waals surface area contributed by atoms with Crippen molar-refractivity contribution in [3.05, 3.63) is 48.3 Å². The van der Waals surface area contributed by atoms with Crippen molar-refractivity contribution in [3.8, 4) is 11.4 Å². The number of amides is 1. The number of nitrogens with zero attached hydrogens (tertiary/aromatic N) is 3. The van der Waals surface area contributed by atoms with E-state index in [2.05, 4.69) is 23.8 Å². The molecule has 1 aromatic heterocycles. The maximum Gasteiger partial charge on any atom is 0.257 e. The molecule has 4 heteroatoms. The summed E-state index contributed by atoms with van der Waals surface area (Å²) in [5.41, 5.74) is 1.54. The van der Waals surface area contributed by atoms with Crippen molar-refractivity contribution in [2.45, 2.75) is 32.7 Å². The van der Waals surface area contributed by atoms with Gasteiger partial charge in [-0.25, -0.2) is 9.97 Å². The highest BCUT2D eigenvalue weighted by Gasteiger charge is 2.31. The summed E-state index contributed by atoms with van der Waals surface area (Å²) in [5.74, 6) is 1.19. The van der Waals surface area contributed by atoms with E-state index in [-0.39, 0.29) is 5.91 Å². The predicted octanol–water partition coefficient (Wildman–Crippen LogP) is 3.40. The fourth-order valence-corrected chi connectivity index (χ4v) is 3.08. The van der Waals surface area contributed by atoms with Crippen LogP contribution in [0.25, 0.3) is 11.4 Å². The summed E-state index contributed by atoms with van der Waals surface area (Å²) in [5, 5.41) is 0. The molecule has 1 aromatic carbocycles. The van der Waals surface area contributed by atoms with Gasteiger partial charge in [-0.1, -0.05) is 44.2 Å². The number of carbonyl (C=O) groups is 1. The van der Waals surface area contributed by atoms with E-state index in [0.29, 0.717) is 23.3 Å². The summed E-state index contributed by atoms with van der Waals surface area (Å²) in [4.78, 5) is 23.3. The van der Waals surface area contributed by atoms with Gasteiger partial charge < -0.3 is 4.90 Å². The van der Waals surface area contributed by atoms with Gasteiger partial charge in [0.05, 0.1) is 5.56 Å². The fourth-order valence-electron chi connectivity index (χ4n) is 3.08. The first kappa shape index (κ1) is 14.7. The molecule has 2 aromatic rings. The average Bonchev–Trinajstić information content (AvgIpc) is 3.05. The van der Waals surface area contributed by atoms with Crippen LogP contribution >= 0.6 is 0 Å². The maximum absolute atomic E-state index is 12.7. The smallest absolute Gasteiger partial charge is 0.257 e. The summed E-state index contributed by atoms with van der Waals surface area (Å²) in [6.07, 6.45) is 5.46. The SMILES string of the molecule is CC(C)C1CCCN1C(=O)c1cnc(-c2ccccc2)nc1. The predicted molar refractivity (Wildman–Crippen MR) is 86.4 cm³/mol. The lowest BCUT2D eigenvalue weighted by atomic mass is 10.0. The van der Waals surface area contributed by atoms with Gasteiger partial charge >= 0.3 is 0 Å². The minimum Gasteiger partial charge on any atom is -0.335 e. The van der Waals surface area contributed by atoms with Crippen molar-refractivity contribution >= 4 is 5.91 Å². The second kappa shape index (κ2) is 6.26. The van der Waals surface area contributed by atoms with Crippen LogP contribution in [0.2, 0.25) is 0 Å². The van der Waals surface area contributed by atoms with Crippen molar-refractivity contribution in [1.29, 1.82) is 0 Å². The van der Waals surface area contributed by atoms with Crippen LogP contribution in [0.4, 0.5) is 0 Å². The van der Waals surface area contributed by atoms with Gasteiger partial charge in [0.25, 0.3) is 5.91 Å². The number of benzene rings is 1. The first-order valence-corrected chi connectivity index (χ1v) is 7.85. The monoisotopic (exact) mass is 295 g/mol. The van der Waals surface area contributed by atoms with E-state index in [1.807, 2.05) is 35.2 Å². The molecule has 4 nitrogen and oxygen atoms in total. The first-order chi connectivity index (χ1) is 10.7. The minimum absolute atomic E-state index is 0.0517. The summed E-state index contributed by atoms with van der Waals surface area (Å²) >= 11 is 0. The molecule has 1 aliphatic heterocycles. The Labute approximate surface area is 131 Å². The zero-order chi connectivity index (χ0) is 15.5. The number of carbonyl (C=O) groups excluding carboxylic acids is 1. The molecule has 1 fully saturated rings. The minimum atomic E-state index is 0.0517. The van der Waals surface area contributed by atoms with Crippen LogP contribution < -0.4 is 0 Å². The molecule has 1 amide bonds. The zero-order valence-corrected chi connectivity index (χ0v) is 13.1. The lowest BCUT2D eigenvalue weighted by Crippen LogP contribution is -2.38. The van der Waals surface area contributed by atoms with E-state index >= 15 is 0 Å². The molecular weight excluding hydrogens is 274 g/mol. The largest absolute Gasteiger partial charge is 0.335 e. The molecule has 0 N–H and O–H groups in total. The third-order valence-corrected chi connectivity index (χ3v) is 4.26. The summed E-state index contributed by atoms with van der Waals surface area (Å²) in [7, 11) is 0. The van der Waals surface area contributed by atoms with Crippen LogP contribution in [0.1, 0.15) is 37.0 Å². The number of aromatic nitrogens is 2. The van der Waals surface area contributed by atoms with Crippen LogP contribution in [-0.4, -0.2) is 33.4 Å². The van der Waals surface area contributed by atoms with Crippen molar-refractivity contribution in [2.24, 2.45) is 5.92 Å². The molecule has 1 aliphatic rings. The molecule has 114 valence electrons. The summed E-state index contributed by atoms with van der Waals surface area (Å²) < 4.78 is 0. The Morgan fingerprint density at radius 2 is 1.86 bits per heavy atom. The van der Waals surface area contributed by atoms with Crippen molar-refractivity contribution in [2.75, 3.05) is 6.54 Å². The lowest BCUT2D eigenvalue weighted by Gasteiger charge is -2.27. The van der Waals surface area contributed by atoms with Crippen LogP contribution in [0, 0.1) is 5.92 Å². The maximum atomic E-state index is 12.7. The molecule has 0 saturated carbocycles. The Morgan fingerprint density at radius 1 is 1.18 bits per heavy atom. The highest BCUT2D eigenvalue weighted by molar-refractivity contribution is 5.94. The molecular formula is C18H21N3O. The molecule has 1 atom stereocenters. The Bertz CT molecular complexity index is 637. The third-order valence-electron chi connectivity index (χ3n) is 4.26. The van der Waals surface area contributed by atoms with Crippen LogP contribution in [0.3, 0.4) is 0 Å². The Hall–Kier alpha value is -2.23. The number of hydrogen-bond donors (Lipinski definition) is 0. The molecule has 3 rings (SSSR count). The van der Waals surface area contributed by atoms with Gasteiger partial charge in [-0.05, 0) is 18.8 Å². The van der Waals surface area contributed by atoms with Gasteiger partial charge in [-0.2, -0.15) is 0 Å². The highest BCUT2D eigenvalue weighted by atomic mass is 16.2. The van der Waals surface area contributed by atoms with E-state index in [9.17, 15) is 4.79 Å². The Balaban J connectivity index is 1.79. The highest BCUT2D eigenvalue weighted by Crippen LogP contribution is 2.25. The summed E-state index contributed by atoms with van der Waals surface area (Å²) in [6, 6.07) is 10.1. The van der Waals surface area contributed by atoms with Gasteiger partial charge in [-0.15, -0.1) is 0 Å². The number of rotatable bonds is 3. The molecule has 0 radical (unpaired) electrons. The molecule has 1 unspecified atom stereocenters. The standard InChI is InChI=1S/C18H21N3O/c1-13(2)16-9-6-10-21(16)18(22)15-11-19-17(20-12-15)14-7-4-3-5-8-14/h3-5,7-8,11-13,16H,6,9-10H2,1-2H3. The third kappa shape index (κ3) is 2.86. The molecule has 0 spiro atoms. The fraction of sp³-hybridized carbons (Fsp3) is 0.389. The number of likely N-dealkylation sites (tertiary alicyclic amines) is 1. The molecule has 0 bridgehead atoms. The van der Waals surface area contributed by atoms with E-state index in [4.69, 9.17) is 0 Å². The van der Waals surface area contributed by atoms with Gasteiger partial charge in [0.1, 0.15) is 0 Å². The Kier molecular flexibility index (Phi) is 4.18. The normalized spacial score (nSPS) is 18.0. The van der Waals surface area contributed by atoms with Crippen LogP contribution in [0.15, 0.2) is 42.7 Å². The van der Waals surface area contributed by atoms with Crippen LogP contribution in [0.5, 0.6) is 0 Å². The average molecular weight is 295 g/mol. The van der Waals surface area contributed by atoms with Gasteiger partial charge in [-0.3, -0.25) is 4.79 Å². The first-order valence-electron chi connectivity index (χ1n) is 7.85. The van der Waals surface area contributed by atoms with Crippen molar-refractivity contribution in [1.82, 2.24) is 14.9 Å². The van der Waals surface area contributed by atoms with E-state index in [1.165, 1.54) is 0 Å². The molecule has 2 heterocycles.